The summed E-state index contributed by atoms with van der Waals surface area (Å²) in [6.45, 7) is 9.38. The van der Waals surface area contributed by atoms with E-state index in [0.717, 1.165) is 51.4 Å². The quantitative estimate of drug-likeness (QED) is 0.731. The van der Waals surface area contributed by atoms with Gasteiger partial charge in [0.05, 0.1) is 11.3 Å². The molecule has 1 saturated heterocycles. The van der Waals surface area contributed by atoms with Crippen molar-refractivity contribution in [2.24, 2.45) is 0 Å². The van der Waals surface area contributed by atoms with Gasteiger partial charge in [0.2, 0.25) is 0 Å². The first-order chi connectivity index (χ1) is 14.0. The fraction of sp³-hybridized carbons (Fsp3) is 0.478. The molecule has 0 radical (unpaired) electrons. The fourth-order valence-corrected chi connectivity index (χ4v) is 3.69. The van der Waals surface area contributed by atoms with Crippen LogP contribution in [0.4, 0.5) is 11.4 Å². The SMILES string of the molecule is Cc1cccc(N2CCN(C(=O)c3cncc(NCCCN(C)C)c3)CC2)c1C. The predicted octanol–water partition coefficient (Wildman–Crippen LogP) is 3.02. The minimum atomic E-state index is 0.0649. The van der Waals surface area contributed by atoms with E-state index in [2.05, 4.69) is 66.2 Å². The van der Waals surface area contributed by atoms with Crippen LogP contribution in [-0.2, 0) is 0 Å². The number of aromatic nitrogens is 1. The Kier molecular flexibility index (Phi) is 7.09. The molecule has 156 valence electrons. The summed E-state index contributed by atoms with van der Waals surface area (Å²) in [6, 6.07) is 8.35. The number of aryl methyl sites for hydroxylation is 1. The average Bonchev–Trinajstić information content (AvgIpc) is 2.73. The van der Waals surface area contributed by atoms with E-state index in [1.54, 1.807) is 12.4 Å². The molecule has 0 bridgehead atoms. The van der Waals surface area contributed by atoms with Crippen LogP contribution in [-0.4, -0.2) is 74.1 Å². The van der Waals surface area contributed by atoms with E-state index in [9.17, 15) is 4.79 Å². The molecule has 0 unspecified atom stereocenters. The van der Waals surface area contributed by atoms with Gasteiger partial charge < -0.3 is 20.0 Å². The van der Waals surface area contributed by atoms with Gasteiger partial charge in [-0.3, -0.25) is 9.78 Å². The number of rotatable bonds is 7. The van der Waals surface area contributed by atoms with Gasteiger partial charge in [0, 0.05) is 50.8 Å². The Morgan fingerprint density at radius 1 is 1.14 bits per heavy atom. The van der Waals surface area contributed by atoms with E-state index >= 15 is 0 Å². The Balaban J connectivity index is 1.56. The minimum absolute atomic E-state index is 0.0649. The summed E-state index contributed by atoms with van der Waals surface area (Å²) in [6.07, 6.45) is 4.50. The maximum Gasteiger partial charge on any atom is 0.255 e. The van der Waals surface area contributed by atoms with Crippen LogP contribution in [0.3, 0.4) is 0 Å². The van der Waals surface area contributed by atoms with E-state index in [1.165, 1.54) is 16.8 Å². The number of hydrogen-bond acceptors (Lipinski definition) is 5. The predicted molar refractivity (Wildman–Crippen MR) is 120 cm³/mol. The number of carbonyl (C=O) groups is 1. The first-order valence-corrected chi connectivity index (χ1v) is 10.4. The Labute approximate surface area is 174 Å². The Morgan fingerprint density at radius 2 is 1.90 bits per heavy atom. The molecule has 0 spiro atoms. The zero-order chi connectivity index (χ0) is 20.8. The standard InChI is InChI=1S/C23H33N5O/c1-18-7-5-8-22(19(18)2)27-11-13-28(14-12-27)23(29)20-15-21(17-24-16-20)25-9-6-10-26(3)4/h5,7-8,15-17,25H,6,9-14H2,1-4H3. The van der Waals surface area contributed by atoms with Crippen molar-refractivity contribution >= 4 is 17.3 Å². The third-order valence-electron chi connectivity index (χ3n) is 5.58. The third kappa shape index (κ3) is 5.48. The second-order valence-electron chi connectivity index (χ2n) is 8.04. The molecule has 0 atom stereocenters. The van der Waals surface area contributed by atoms with E-state index in [1.807, 2.05) is 11.0 Å². The van der Waals surface area contributed by atoms with Crippen molar-refractivity contribution in [1.82, 2.24) is 14.8 Å². The summed E-state index contributed by atoms with van der Waals surface area (Å²) < 4.78 is 0. The molecule has 0 saturated carbocycles. The molecule has 1 aliphatic rings. The number of carbonyl (C=O) groups excluding carboxylic acids is 1. The number of amides is 1. The smallest absolute Gasteiger partial charge is 0.255 e. The van der Waals surface area contributed by atoms with Crippen molar-refractivity contribution < 1.29 is 4.79 Å². The number of benzene rings is 1. The van der Waals surface area contributed by atoms with Gasteiger partial charge in [-0.1, -0.05) is 12.1 Å². The van der Waals surface area contributed by atoms with Crippen LogP contribution in [0.5, 0.6) is 0 Å². The minimum Gasteiger partial charge on any atom is -0.384 e. The van der Waals surface area contributed by atoms with Crippen molar-refractivity contribution in [3.05, 3.63) is 53.3 Å². The molecule has 0 aliphatic carbocycles. The molecule has 1 N–H and O–H groups in total. The molecule has 1 aliphatic heterocycles. The van der Waals surface area contributed by atoms with Crippen LogP contribution in [0.15, 0.2) is 36.7 Å². The molecule has 1 fully saturated rings. The van der Waals surface area contributed by atoms with Gasteiger partial charge in [-0.2, -0.15) is 0 Å². The van der Waals surface area contributed by atoms with Crippen LogP contribution >= 0.6 is 0 Å². The lowest BCUT2D eigenvalue weighted by Crippen LogP contribution is -2.49. The van der Waals surface area contributed by atoms with Gasteiger partial charge in [0.1, 0.15) is 0 Å². The van der Waals surface area contributed by atoms with Crippen molar-refractivity contribution in [3.63, 3.8) is 0 Å². The highest BCUT2D eigenvalue weighted by molar-refractivity contribution is 5.95. The van der Waals surface area contributed by atoms with Crippen molar-refractivity contribution in [3.8, 4) is 0 Å². The van der Waals surface area contributed by atoms with E-state index in [0.29, 0.717) is 5.56 Å². The molecule has 2 aromatic rings. The number of pyridine rings is 1. The molecule has 29 heavy (non-hydrogen) atoms. The van der Waals surface area contributed by atoms with Crippen LogP contribution < -0.4 is 10.2 Å². The zero-order valence-electron chi connectivity index (χ0n) is 18.1. The maximum atomic E-state index is 13.0. The highest BCUT2D eigenvalue weighted by Crippen LogP contribution is 2.24. The van der Waals surface area contributed by atoms with E-state index in [-0.39, 0.29) is 5.91 Å². The fourth-order valence-electron chi connectivity index (χ4n) is 3.69. The summed E-state index contributed by atoms with van der Waals surface area (Å²) in [7, 11) is 4.14. The number of piperazine rings is 1. The van der Waals surface area contributed by atoms with Crippen molar-refractivity contribution in [1.29, 1.82) is 0 Å². The Bertz CT molecular complexity index is 828. The Morgan fingerprint density at radius 3 is 2.62 bits per heavy atom. The monoisotopic (exact) mass is 395 g/mol. The normalized spacial score (nSPS) is 14.4. The molecule has 2 heterocycles. The summed E-state index contributed by atoms with van der Waals surface area (Å²) in [4.78, 5) is 23.7. The van der Waals surface area contributed by atoms with Crippen LogP contribution in [0.25, 0.3) is 0 Å². The lowest BCUT2D eigenvalue weighted by molar-refractivity contribution is 0.0746. The number of hydrogen-bond donors (Lipinski definition) is 1. The molecule has 1 amide bonds. The number of anilines is 2. The zero-order valence-corrected chi connectivity index (χ0v) is 18.1. The lowest BCUT2D eigenvalue weighted by Gasteiger charge is -2.37. The summed E-state index contributed by atoms with van der Waals surface area (Å²) in [5, 5.41) is 3.37. The lowest BCUT2D eigenvalue weighted by atomic mass is 10.1. The van der Waals surface area contributed by atoms with Crippen molar-refractivity contribution in [2.75, 3.05) is 63.6 Å². The van der Waals surface area contributed by atoms with E-state index < -0.39 is 0 Å². The Hall–Kier alpha value is -2.60. The molecular formula is C23H33N5O. The maximum absolute atomic E-state index is 13.0. The van der Waals surface area contributed by atoms with Gasteiger partial charge in [0.25, 0.3) is 5.91 Å². The molecule has 6 nitrogen and oxygen atoms in total. The van der Waals surface area contributed by atoms with Gasteiger partial charge in [0.15, 0.2) is 0 Å². The molecule has 3 rings (SSSR count). The van der Waals surface area contributed by atoms with E-state index in [4.69, 9.17) is 0 Å². The van der Waals surface area contributed by atoms with Crippen LogP contribution in [0.2, 0.25) is 0 Å². The average molecular weight is 396 g/mol. The van der Waals surface area contributed by atoms with Gasteiger partial charge in [-0.05, 0) is 64.2 Å². The molecule has 6 heteroatoms. The topological polar surface area (TPSA) is 51.7 Å². The van der Waals surface area contributed by atoms with Crippen LogP contribution in [0, 0.1) is 13.8 Å². The summed E-state index contributed by atoms with van der Waals surface area (Å²) in [5.41, 5.74) is 5.47. The molecule has 1 aromatic carbocycles. The molecular weight excluding hydrogens is 362 g/mol. The first-order valence-electron chi connectivity index (χ1n) is 10.4. The van der Waals surface area contributed by atoms with Gasteiger partial charge in [-0.15, -0.1) is 0 Å². The highest BCUT2D eigenvalue weighted by atomic mass is 16.2. The molecule has 1 aromatic heterocycles. The largest absolute Gasteiger partial charge is 0.384 e. The summed E-state index contributed by atoms with van der Waals surface area (Å²) >= 11 is 0. The van der Waals surface area contributed by atoms with Gasteiger partial charge >= 0.3 is 0 Å². The van der Waals surface area contributed by atoms with Crippen LogP contribution in [0.1, 0.15) is 27.9 Å². The highest BCUT2D eigenvalue weighted by Gasteiger charge is 2.23. The first kappa shape index (κ1) is 21.1. The third-order valence-corrected chi connectivity index (χ3v) is 5.58. The van der Waals surface area contributed by atoms with Crippen molar-refractivity contribution in [2.45, 2.75) is 20.3 Å². The van der Waals surface area contributed by atoms with Gasteiger partial charge in [-0.25, -0.2) is 0 Å². The second kappa shape index (κ2) is 9.74. The second-order valence-corrected chi connectivity index (χ2v) is 8.04. The number of nitrogens with one attached hydrogen (secondary N) is 1. The number of nitrogens with zero attached hydrogens (tertiary/aromatic N) is 4. The summed E-state index contributed by atoms with van der Waals surface area (Å²) in [5.74, 6) is 0.0649.